The Bertz CT molecular complexity index is 816. The van der Waals surface area contributed by atoms with E-state index in [1.165, 1.54) is 0 Å². The molecule has 0 amide bonds. The van der Waals surface area contributed by atoms with Crippen LogP contribution in [0.3, 0.4) is 0 Å². The molecular formula is C17H20N4O. The fourth-order valence-electron chi connectivity index (χ4n) is 2.81. The van der Waals surface area contributed by atoms with E-state index in [0.29, 0.717) is 0 Å². The largest absolute Gasteiger partial charge is 0.508 e. The molecule has 0 fully saturated rings. The minimum Gasteiger partial charge on any atom is -0.508 e. The van der Waals surface area contributed by atoms with Crippen molar-refractivity contribution in [2.75, 3.05) is 12.4 Å². The van der Waals surface area contributed by atoms with Crippen LogP contribution in [0.5, 0.6) is 5.75 Å². The van der Waals surface area contributed by atoms with Gasteiger partial charge in [0.05, 0.1) is 5.39 Å². The molecule has 5 heteroatoms. The number of anilines is 1. The van der Waals surface area contributed by atoms with E-state index in [9.17, 15) is 5.11 Å². The first kappa shape index (κ1) is 14.4. The molecule has 3 rings (SSSR count). The minimum absolute atomic E-state index is 0.267. The number of fused-ring (bicyclic) bond motifs is 1. The molecule has 2 N–H and O–H groups in total. The molecule has 0 aliphatic carbocycles. The molecule has 2 aromatic heterocycles. The summed E-state index contributed by atoms with van der Waals surface area (Å²) in [6, 6.07) is 5.87. The van der Waals surface area contributed by atoms with Crippen LogP contribution in [0.1, 0.15) is 25.5 Å². The van der Waals surface area contributed by atoms with E-state index >= 15 is 0 Å². The maximum Gasteiger partial charge on any atom is 0.146 e. The number of aromatic hydroxyl groups is 1. The van der Waals surface area contributed by atoms with Crippen LogP contribution >= 0.6 is 0 Å². The number of phenolic OH excluding ortho intramolecular Hbond substituents is 1. The smallest absolute Gasteiger partial charge is 0.146 e. The number of aromatic nitrogens is 3. The molecule has 0 radical (unpaired) electrons. The number of rotatable bonds is 3. The topological polar surface area (TPSA) is 63.0 Å². The molecule has 5 nitrogen and oxygen atoms in total. The van der Waals surface area contributed by atoms with Gasteiger partial charge in [0, 0.05) is 24.8 Å². The van der Waals surface area contributed by atoms with Crippen molar-refractivity contribution in [1.82, 2.24) is 14.5 Å². The summed E-state index contributed by atoms with van der Waals surface area (Å²) in [5.41, 5.74) is 3.90. The van der Waals surface area contributed by atoms with Crippen LogP contribution in [-0.2, 0) is 0 Å². The molecule has 3 aromatic rings. The van der Waals surface area contributed by atoms with Crippen molar-refractivity contribution in [1.29, 1.82) is 0 Å². The van der Waals surface area contributed by atoms with Crippen molar-refractivity contribution in [2.24, 2.45) is 0 Å². The fourth-order valence-corrected chi connectivity index (χ4v) is 2.81. The Hall–Kier alpha value is -2.56. The maximum atomic E-state index is 9.92. The molecule has 2 heterocycles. The average molecular weight is 296 g/mol. The Labute approximate surface area is 129 Å². The summed E-state index contributed by atoms with van der Waals surface area (Å²) in [6.07, 6.45) is 3.66. The van der Waals surface area contributed by atoms with Gasteiger partial charge in [-0.1, -0.05) is 6.07 Å². The highest BCUT2D eigenvalue weighted by Gasteiger charge is 2.17. The molecule has 1 aromatic carbocycles. The van der Waals surface area contributed by atoms with E-state index in [4.69, 9.17) is 0 Å². The Morgan fingerprint density at radius 2 is 1.95 bits per heavy atom. The number of aryl methyl sites for hydroxylation is 1. The number of hydrogen-bond acceptors (Lipinski definition) is 4. The molecular weight excluding hydrogens is 276 g/mol. The second kappa shape index (κ2) is 5.33. The fraction of sp³-hybridized carbons (Fsp3) is 0.294. The first-order chi connectivity index (χ1) is 10.5. The zero-order valence-electron chi connectivity index (χ0n) is 13.3. The van der Waals surface area contributed by atoms with E-state index < -0.39 is 0 Å². The average Bonchev–Trinajstić information content (AvgIpc) is 2.86. The summed E-state index contributed by atoms with van der Waals surface area (Å²) in [7, 11) is 1.85. The maximum absolute atomic E-state index is 9.92. The lowest BCUT2D eigenvalue weighted by molar-refractivity contribution is 0.475. The summed E-state index contributed by atoms with van der Waals surface area (Å²) in [4.78, 5) is 8.78. The quantitative estimate of drug-likeness (QED) is 0.773. The molecule has 0 saturated heterocycles. The third-order valence-corrected chi connectivity index (χ3v) is 3.78. The Kier molecular flexibility index (Phi) is 3.48. The van der Waals surface area contributed by atoms with Gasteiger partial charge in [0.15, 0.2) is 0 Å². The van der Waals surface area contributed by atoms with Gasteiger partial charge in [-0.2, -0.15) is 0 Å². The highest BCUT2D eigenvalue weighted by atomic mass is 16.3. The monoisotopic (exact) mass is 296 g/mol. The lowest BCUT2D eigenvalue weighted by Crippen LogP contribution is -2.01. The number of phenols is 1. The molecule has 0 unspecified atom stereocenters. The summed E-state index contributed by atoms with van der Waals surface area (Å²) >= 11 is 0. The standard InChI is InChI=1S/C17H20N4O/c1-10(2)21-8-14(12-5-11(3)6-13(22)7-12)15-16(18-4)19-9-20-17(15)21/h5-10,22H,1-4H3,(H,18,19,20). The highest BCUT2D eigenvalue weighted by Crippen LogP contribution is 2.36. The summed E-state index contributed by atoms with van der Waals surface area (Å²) in [6.45, 7) is 6.22. The van der Waals surface area contributed by atoms with Gasteiger partial charge < -0.3 is 15.0 Å². The Balaban J connectivity index is 2.37. The molecule has 0 spiro atoms. The van der Waals surface area contributed by atoms with Crippen molar-refractivity contribution in [3.8, 4) is 16.9 Å². The Morgan fingerprint density at radius 1 is 1.18 bits per heavy atom. The van der Waals surface area contributed by atoms with E-state index in [1.807, 2.05) is 14.0 Å². The van der Waals surface area contributed by atoms with E-state index in [-0.39, 0.29) is 11.8 Å². The lowest BCUT2D eigenvalue weighted by atomic mass is 10.0. The second-order valence-electron chi connectivity index (χ2n) is 5.77. The van der Waals surface area contributed by atoms with Gasteiger partial charge in [0.25, 0.3) is 0 Å². The lowest BCUT2D eigenvalue weighted by Gasteiger charge is -2.08. The molecule has 0 atom stereocenters. The van der Waals surface area contributed by atoms with E-state index in [2.05, 4.69) is 46.0 Å². The van der Waals surface area contributed by atoms with Gasteiger partial charge in [0.2, 0.25) is 0 Å². The van der Waals surface area contributed by atoms with Gasteiger partial charge >= 0.3 is 0 Å². The van der Waals surface area contributed by atoms with Gasteiger partial charge in [-0.25, -0.2) is 9.97 Å². The van der Waals surface area contributed by atoms with Crippen molar-refractivity contribution in [3.63, 3.8) is 0 Å². The van der Waals surface area contributed by atoms with Crippen molar-refractivity contribution in [2.45, 2.75) is 26.8 Å². The van der Waals surface area contributed by atoms with Crippen LogP contribution in [0, 0.1) is 6.92 Å². The van der Waals surface area contributed by atoms with Crippen molar-refractivity contribution < 1.29 is 5.11 Å². The highest BCUT2D eigenvalue weighted by molar-refractivity contribution is 6.01. The van der Waals surface area contributed by atoms with Crippen LogP contribution in [-0.4, -0.2) is 26.7 Å². The van der Waals surface area contributed by atoms with Crippen molar-refractivity contribution >= 4 is 16.9 Å². The number of hydrogen-bond donors (Lipinski definition) is 2. The van der Waals surface area contributed by atoms with Gasteiger partial charge in [-0.3, -0.25) is 0 Å². The Morgan fingerprint density at radius 3 is 2.59 bits per heavy atom. The number of benzene rings is 1. The van der Waals surface area contributed by atoms with Crippen LogP contribution in [0.25, 0.3) is 22.2 Å². The summed E-state index contributed by atoms with van der Waals surface area (Å²) < 4.78 is 2.13. The van der Waals surface area contributed by atoms with Crippen molar-refractivity contribution in [3.05, 3.63) is 36.3 Å². The third-order valence-electron chi connectivity index (χ3n) is 3.78. The first-order valence-electron chi connectivity index (χ1n) is 7.35. The van der Waals surface area contributed by atoms with Crippen LogP contribution in [0.4, 0.5) is 5.82 Å². The van der Waals surface area contributed by atoms with Crippen LogP contribution in [0.2, 0.25) is 0 Å². The minimum atomic E-state index is 0.267. The SMILES string of the molecule is CNc1ncnc2c1c(-c1cc(C)cc(O)c1)cn2C(C)C. The number of nitrogens with zero attached hydrogens (tertiary/aromatic N) is 3. The molecule has 22 heavy (non-hydrogen) atoms. The predicted octanol–water partition coefficient (Wildman–Crippen LogP) is 3.73. The van der Waals surface area contributed by atoms with Gasteiger partial charge in [-0.15, -0.1) is 0 Å². The van der Waals surface area contributed by atoms with E-state index in [0.717, 1.165) is 33.5 Å². The zero-order chi connectivity index (χ0) is 15.9. The van der Waals surface area contributed by atoms with Gasteiger partial charge in [-0.05, 0) is 44.0 Å². The normalized spacial score (nSPS) is 11.3. The number of nitrogens with one attached hydrogen (secondary N) is 1. The van der Waals surface area contributed by atoms with Crippen LogP contribution < -0.4 is 5.32 Å². The molecule has 0 aliphatic heterocycles. The third kappa shape index (κ3) is 2.28. The first-order valence-corrected chi connectivity index (χ1v) is 7.35. The summed E-state index contributed by atoms with van der Waals surface area (Å²) in [5, 5.41) is 14.0. The zero-order valence-corrected chi connectivity index (χ0v) is 13.3. The van der Waals surface area contributed by atoms with E-state index in [1.54, 1.807) is 18.5 Å². The second-order valence-corrected chi connectivity index (χ2v) is 5.77. The molecule has 0 bridgehead atoms. The van der Waals surface area contributed by atoms with Crippen LogP contribution in [0.15, 0.2) is 30.7 Å². The van der Waals surface area contributed by atoms with Gasteiger partial charge in [0.1, 0.15) is 23.5 Å². The molecule has 114 valence electrons. The predicted molar refractivity (Wildman–Crippen MR) is 89.3 cm³/mol. The molecule has 0 aliphatic rings. The molecule has 0 saturated carbocycles. The summed E-state index contributed by atoms with van der Waals surface area (Å²) in [5.74, 6) is 1.06.